The van der Waals surface area contributed by atoms with E-state index >= 15 is 0 Å². The highest BCUT2D eigenvalue weighted by atomic mass is 32.2. The van der Waals surface area contributed by atoms with Crippen molar-refractivity contribution in [3.63, 3.8) is 0 Å². The average molecular weight is 446 g/mol. The number of anilines is 1. The van der Waals surface area contributed by atoms with E-state index < -0.39 is 21.7 Å². The predicted molar refractivity (Wildman–Crippen MR) is 110 cm³/mol. The molecule has 0 saturated carbocycles. The van der Waals surface area contributed by atoms with E-state index in [1.54, 1.807) is 29.4 Å². The van der Waals surface area contributed by atoms with Gasteiger partial charge in [0.05, 0.1) is 22.6 Å². The van der Waals surface area contributed by atoms with Crippen molar-refractivity contribution in [2.75, 3.05) is 18.4 Å². The summed E-state index contributed by atoms with van der Waals surface area (Å²) in [6, 6.07) is 9.82. The summed E-state index contributed by atoms with van der Waals surface area (Å²) in [6.07, 6.45) is 5.69. The van der Waals surface area contributed by atoms with Crippen molar-refractivity contribution in [3.05, 3.63) is 72.8 Å². The second-order valence-corrected chi connectivity index (χ2v) is 9.17. The Morgan fingerprint density at radius 2 is 1.81 bits per heavy atom. The SMILES string of the molecule is O=C(Nc1ccccc1-n1ccnc1)C1CCN(S(=O)(=O)c2ccc(F)c(F)c2)CC1. The van der Waals surface area contributed by atoms with Gasteiger partial charge in [0.25, 0.3) is 0 Å². The van der Waals surface area contributed by atoms with E-state index in [-0.39, 0.29) is 29.8 Å². The molecule has 0 radical (unpaired) electrons. The van der Waals surface area contributed by atoms with Crippen LogP contribution in [-0.4, -0.2) is 41.3 Å². The number of rotatable bonds is 5. The number of para-hydroxylation sites is 2. The largest absolute Gasteiger partial charge is 0.324 e. The molecule has 4 rings (SSSR count). The number of imidazole rings is 1. The van der Waals surface area contributed by atoms with Gasteiger partial charge in [-0.15, -0.1) is 0 Å². The molecule has 0 unspecified atom stereocenters. The Kier molecular flexibility index (Phi) is 5.84. The van der Waals surface area contributed by atoms with E-state index in [0.29, 0.717) is 24.6 Å². The van der Waals surface area contributed by atoms with Gasteiger partial charge in [0.1, 0.15) is 0 Å². The zero-order valence-electron chi connectivity index (χ0n) is 16.4. The second-order valence-electron chi connectivity index (χ2n) is 7.23. The van der Waals surface area contributed by atoms with E-state index in [9.17, 15) is 22.0 Å². The molecule has 7 nitrogen and oxygen atoms in total. The lowest BCUT2D eigenvalue weighted by atomic mass is 9.97. The number of sulfonamides is 1. The van der Waals surface area contributed by atoms with E-state index in [4.69, 9.17) is 0 Å². The van der Waals surface area contributed by atoms with Crippen LogP contribution in [0.4, 0.5) is 14.5 Å². The lowest BCUT2D eigenvalue weighted by Crippen LogP contribution is -2.41. The van der Waals surface area contributed by atoms with Crippen LogP contribution in [0, 0.1) is 17.6 Å². The van der Waals surface area contributed by atoms with Crippen LogP contribution in [0.3, 0.4) is 0 Å². The zero-order valence-corrected chi connectivity index (χ0v) is 17.2. The van der Waals surface area contributed by atoms with E-state index in [2.05, 4.69) is 10.3 Å². The van der Waals surface area contributed by atoms with Crippen LogP contribution in [0.5, 0.6) is 0 Å². The third-order valence-electron chi connectivity index (χ3n) is 5.30. The smallest absolute Gasteiger partial charge is 0.243 e. The minimum atomic E-state index is -3.96. The molecule has 1 aromatic heterocycles. The Hall–Kier alpha value is -3.11. The highest BCUT2D eigenvalue weighted by Crippen LogP contribution is 2.27. The molecule has 1 aliphatic rings. The average Bonchev–Trinajstić information content (AvgIpc) is 3.31. The van der Waals surface area contributed by atoms with E-state index in [0.717, 1.165) is 17.8 Å². The topological polar surface area (TPSA) is 84.3 Å². The van der Waals surface area contributed by atoms with Gasteiger partial charge in [0.2, 0.25) is 15.9 Å². The van der Waals surface area contributed by atoms with Gasteiger partial charge >= 0.3 is 0 Å². The van der Waals surface area contributed by atoms with Crippen LogP contribution in [0.25, 0.3) is 5.69 Å². The fourth-order valence-corrected chi connectivity index (χ4v) is 5.07. The highest BCUT2D eigenvalue weighted by Gasteiger charge is 2.32. The molecule has 0 bridgehead atoms. The van der Waals surface area contributed by atoms with Gasteiger partial charge < -0.3 is 9.88 Å². The molecule has 31 heavy (non-hydrogen) atoms. The molecular formula is C21H20F2N4O3S. The van der Waals surface area contributed by atoms with Crippen LogP contribution in [0.15, 0.2) is 66.1 Å². The molecule has 0 atom stereocenters. The standard InChI is InChI=1S/C21H20F2N4O3S/c22-17-6-5-16(13-18(17)23)31(29,30)27-10-7-15(8-11-27)21(28)25-19-3-1-2-4-20(19)26-12-9-24-14-26/h1-6,9,12-15H,7-8,10-11H2,(H,25,28). The molecule has 1 amide bonds. The first-order valence-corrected chi connectivity index (χ1v) is 11.1. The number of piperidine rings is 1. The molecule has 1 fully saturated rings. The van der Waals surface area contributed by atoms with E-state index in [1.165, 1.54) is 4.31 Å². The zero-order chi connectivity index (χ0) is 22.0. The third kappa shape index (κ3) is 4.35. The Bertz CT molecular complexity index is 1190. The maximum atomic E-state index is 13.5. The summed E-state index contributed by atoms with van der Waals surface area (Å²) < 4.78 is 55.0. The van der Waals surface area contributed by atoms with Gasteiger partial charge in [-0.25, -0.2) is 22.2 Å². The van der Waals surface area contributed by atoms with Crippen LogP contribution in [0.1, 0.15) is 12.8 Å². The fourth-order valence-electron chi connectivity index (χ4n) is 3.59. The molecule has 2 heterocycles. The summed E-state index contributed by atoms with van der Waals surface area (Å²) in [5, 5.41) is 2.92. The summed E-state index contributed by atoms with van der Waals surface area (Å²) in [6.45, 7) is 0.227. The van der Waals surface area contributed by atoms with Crippen LogP contribution >= 0.6 is 0 Å². The number of carbonyl (C=O) groups excluding carboxylic acids is 1. The van der Waals surface area contributed by atoms with Crippen LogP contribution in [0.2, 0.25) is 0 Å². The second kappa shape index (κ2) is 8.56. The normalized spacial score (nSPS) is 15.7. The number of hydrogen-bond donors (Lipinski definition) is 1. The monoisotopic (exact) mass is 446 g/mol. The minimum absolute atomic E-state index is 0.114. The van der Waals surface area contributed by atoms with Gasteiger partial charge in [-0.1, -0.05) is 12.1 Å². The lowest BCUT2D eigenvalue weighted by molar-refractivity contribution is -0.120. The fraction of sp³-hybridized carbons (Fsp3) is 0.238. The van der Waals surface area contributed by atoms with Crippen LogP contribution in [-0.2, 0) is 14.8 Å². The first kappa shape index (κ1) is 21.1. The molecule has 0 aliphatic carbocycles. The summed E-state index contributed by atoms with van der Waals surface area (Å²) in [5.41, 5.74) is 1.40. The van der Waals surface area contributed by atoms with Gasteiger partial charge in [0, 0.05) is 31.4 Å². The number of nitrogens with zero attached hydrogens (tertiary/aromatic N) is 3. The molecule has 10 heteroatoms. The quantitative estimate of drug-likeness (QED) is 0.653. The predicted octanol–water partition coefficient (Wildman–Crippen LogP) is 3.19. The Morgan fingerprint density at radius 1 is 1.06 bits per heavy atom. The van der Waals surface area contributed by atoms with Crippen molar-refractivity contribution in [2.45, 2.75) is 17.7 Å². The van der Waals surface area contributed by atoms with Crippen molar-refractivity contribution in [1.29, 1.82) is 0 Å². The number of amides is 1. The molecular weight excluding hydrogens is 426 g/mol. The molecule has 162 valence electrons. The van der Waals surface area contributed by atoms with Crippen molar-refractivity contribution >= 4 is 21.6 Å². The molecule has 1 saturated heterocycles. The lowest BCUT2D eigenvalue weighted by Gasteiger charge is -2.30. The van der Waals surface area contributed by atoms with Gasteiger partial charge in [-0.3, -0.25) is 4.79 Å². The van der Waals surface area contributed by atoms with Gasteiger partial charge in [-0.05, 0) is 43.2 Å². The molecule has 0 spiro atoms. The van der Waals surface area contributed by atoms with Crippen LogP contribution < -0.4 is 5.32 Å². The highest BCUT2D eigenvalue weighted by molar-refractivity contribution is 7.89. The number of nitrogens with one attached hydrogen (secondary N) is 1. The number of aromatic nitrogens is 2. The molecule has 1 N–H and O–H groups in total. The summed E-state index contributed by atoms with van der Waals surface area (Å²) in [5.74, 6) is -2.89. The first-order chi connectivity index (χ1) is 14.9. The summed E-state index contributed by atoms with van der Waals surface area (Å²) in [7, 11) is -3.96. The third-order valence-corrected chi connectivity index (χ3v) is 7.19. The maximum Gasteiger partial charge on any atom is 0.243 e. The van der Waals surface area contributed by atoms with Crippen molar-refractivity contribution in [2.24, 2.45) is 5.92 Å². The Labute approximate surface area is 178 Å². The van der Waals surface area contributed by atoms with Crippen molar-refractivity contribution in [3.8, 4) is 5.69 Å². The Morgan fingerprint density at radius 3 is 2.48 bits per heavy atom. The number of carbonyl (C=O) groups is 1. The van der Waals surface area contributed by atoms with E-state index in [1.807, 2.05) is 18.2 Å². The maximum absolute atomic E-state index is 13.5. The first-order valence-electron chi connectivity index (χ1n) is 9.69. The van der Waals surface area contributed by atoms with Gasteiger partial charge in [-0.2, -0.15) is 4.31 Å². The molecule has 2 aromatic carbocycles. The number of halogens is 2. The summed E-state index contributed by atoms with van der Waals surface area (Å²) in [4.78, 5) is 16.5. The van der Waals surface area contributed by atoms with Crippen molar-refractivity contribution in [1.82, 2.24) is 13.9 Å². The minimum Gasteiger partial charge on any atom is -0.324 e. The number of hydrogen-bond acceptors (Lipinski definition) is 4. The van der Waals surface area contributed by atoms with Gasteiger partial charge in [0.15, 0.2) is 11.6 Å². The Balaban J connectivity index is 1.42. The molecule has 1 aliphatic heterocycles. The molecule has 3 aromatic rings. The number of benzene rings is 2. The summed E-state index contributed by atoms with van der Waals surface area (Å²) >= 11 is 0. The van der Waals surface area contributed by atoms with Crippen molar-refractivity contribution < 1.29 is 22.0 Å².